The quantitative estimate of drug-likeness (QED) is 0.939. The van der Waals surface area contributed by atoms with Gasteiger partial charge in [-0.05, 0) is 25.1 Å². The molecule has 6 heteroatoms. The molecule has 0 bridgehead atoms. The van der Waals surface area contributed by atoms with Gasteiger partial charge in [-0.1, -0.05) is 11.6 Å². The molecule has 0 amide bonds. The van der Waals surface area contributed by atoms with E-state index in [9.17, 15) is 4.79 Å². The van der Waals surface area contributed by atoms with Gasteiger partial charge in [0, 0.05) is 10.4 Å². The molecule has 0 aliphatic carbocycles. The highest BCUT2D eigenvalue weighted by atomic mass is 35.5. The maximum atomic E-state index is 10.9. The number of ether oxygens (including phenoxy) is 1. The summed E-state index contributed by atoms with van der Waals surface area (Å²) in [5.74, 6) is -0.290. The van der Waals surface area contributed by atoms with Crippen LogP contribution in [0.25, 0.3) is 11.3 Å². The predicted molar refractivity (Wildman–Crippen MR) is 75.2 cm³/mol. The Morgan fingerprint density at radius 1 is 1.53 bits per heavy atom. The second kappa shape index (κ2) is 5.59. The first-order chi connectivity index (χ1) is 9.01. The third kappa shape index (κ3) is 3.05. The average molecular weight is 298 g/mol. The largest absolute Gasteiger partial charge is 0.495 e. The number of nitrogens with zero attached hydrogens (tertiary/aromatic N) is 1. The minimum absolute atomic E-state index is 0.0372. The number of benzene rings is 1. The van der Waals surface area contributed by atoms with E-state index in [4.69, 9.17) is 21.4 Å². The van der Waals surface area contributed by atoms with E-state index >= 15 is 0 Å². The van der Waals surface area contributed by atoms with Crippen LogP contribution in [0.15, 0.2) is 18.2 Å². The Hall–Kier alpha value is -1.59. The number of thiazole rings is 1. The third-order valence-electron chi connectivity index (χ3n) is 2.54. The van der Waals surface area contributed by atoms with Crippen molar-refractivity contribution in [3.8, 4) is 17.0 Å². The van der Waals surface area contributed by atoms with Crippen molar-refractivity contribution in [1.82, 2.24) is 4.98 Å². The zero-order valence-electron chi connectivity index (χ0n) is 10.4. The molecule has 0 saturated heterocycles. The van der Waals surface area contributed by atoms with Crippen molar-refractivity contribution in [3.05, 3.63) is 33.1 Å². The number of methoxy groups -OCH3 is 1. The summed E-state index contributed by atoms with van der Waals surface area (Å²) >= 11 is 7.47. The lowest BCUT2D eigenvalue weighted by molar-refractivity contribution is -0.136. The highest BCUT2D eigenvalue weighted by Gasteiger charge is 2.15. The van der Waals surface area contributed by atoms with Gasteiger partial charge >= 0.3 is 5.97 Å². The number of carbonyl (C=O) groups is 1. The Kier molecular flexibility index (Phi) is 4.07. The Labute approximate surface area is 119 Å². The molecule has 0 radical (unpaired) electrons. The third-order valence-corrected chi connectivity index (χ3v) is 3.81. The van der Waals surface area contributed by atoms with Gasteiger partial charge < -0.3 is 9.84 Å². The fourth-order valence-corrected chi connectivity index (χ4v) is 2.97. The van der Waals surface area contributed by atoms with Crippen LogP contribution in [0.5, 0.6) is 5.75 Å². The summed E-state index contributed by atoms with van der Waals surface area (Å²) in [4.78, 5) is 16.0. The van der Waals surface area contributed by atoms with Gasteiger partial charge in [0.25, 0.3) is 0 Å². The first-order valence-corrected chi connectivity index (χ1v) is 6.72. The molecular weight excluding hydrogens is 286 g/mol. The molecule has 1 aromatic carbocycles. The standard InChI is InChI=1S/C13H12ClNO3S/c1-7-15-13(11(19-7)6-12(16)17)8-3-4-10(18-2)9(14)5-8/h3-5H,6H2,1-2H3,(H,16,17). The van der Waals surface area contributed by atoms with Gasteiger partial charge in [-0.15, -0.1) is 11.3 Å². The van der Waals surface area contributed by atoms with E-state index in [1.54, 1.807) is 19.2 Å². The SMILES string of the molecule is COc1ccc(-c2nc(C)sc2CC(=O)O)cc1Cl. The van der Waals surface area contributed by atoms with Crippen LogP contribution < -0.4 is 4.74 Å². The number of aromatic nitrogens is 1. The number of carboxylic acids is 1. The maximum absolute atomic E-state index is 10.9. The predicted octanol–water partition coefficient (Wildman–Crippen LogP) is 3.41. The molecule has 1 heterocycles. The smallest absolute Gasteiger partial charge is 0.308 e. The topological polar surface area (TPSA) is 59.4 Å². The summed E-state index contributed by atoms with van der Waals surface area (Å²) in [6.45, 7) is 1.85. The van der Waals surface area contributed by atoms with E-state index in [1.807, 2.05) is 13.0 Å². The van der Waals surface area contributed by atoms with Crippen LogP contribution in [0.3, 0.4) is 0 Å². The number of carboxylic acid groups (broad SMARTS) is 1. The number of halogens is 1. The van der Waals surface area contributed by atoms with E-state index in [1.165, 1.54) is 11.3 Å². The van der Waals surface area contributed by atoms with Crippen LogP contribution in [0, 0.1) is 6.92 Å². The fraction of sp³-hybridized carbons (Fsp3) is 0.231. The van der Waals surface area contributed by atoms with Crippen LogP contribution in [0.1, 0.15) is 9.88 Å². The van der Waals surface area contributed by atoms with E-state index in [-0.39, 0.29) is 6.42 Å². The summed E-state index contributed by atoms with van der Waals surface area (Å²) in [7, 11) is 1.55. The molecule has 2 aromatic rings. The number of hydrogen-bond donors (Lipinski definition) is 1. The van der Waals surface area contributed by atoms with Crippen LogP contribution in [0.2, 0.25) is 5.02 Å². The van der Waals surface area contributed by atoms with Gasteiger partial charge in [-0.2, -0.15) is 0 Å². The zero-order chi connectivity index (χ0) is 14.0. The van der Waals surface area contributed by atoms with Crippen molar-refractivity contribution in [2.24, 2.45) is 0 Å². The highest BCUT2D eigenvalue weighted by Crippen LogP contribution is 2.33. The lowest BCUT2D eigenvalue weighted by atomic mass is 10.1. The number of aryl methyl sites for hydroxylation is 1. The lowest BCUT2D eigenvalue weighted by Gasteiger charge is -2.05. The molecular formula is C13H12ClNO3S. The second-order valence-corrected chi connectivity index (χ2v) is 5.62. The molecule has 0 unspecified atom stereocenters. The summed E-state index contributed by atoms with van der Waals surface area (Å²) in [6.07, 6.45) is -0.0372. The highest BCUT2D eigenvalue weighted by molar-refractivity contribution is 7.12. The van der Waals surface area contributed by atoms with Crippen molar-refractivity contribution >= 4 is 28.9 Å². The van der Waals surface area contributed by atoms with Gasteiger partial charge in [-0.25, -0.2) is 4.98 Å². The van der Waals surface area contributed by atoms with Gasteiger partial charge in [0.2, 0.25) is 0 Å². The lowest BCUT2D eigenvalue weighted by Crippen LogP contribution is -1.99. The van der Waals surface area contributed by atoms with Gasteiger partial charge in [0.05, 0.1) is 29.3 Å². The van der Waals surface area contributed by atoms with E-state index in [2.05, 4.69) is 4.98 Å². The van der Waals surface area contributed by atoms with Crippen LogP contribution in [-0.2, 0) is 11.2 Å². The Balaban J connectivity index is 2.46. The molecule has 0 aliphatic rings. The monoisotopic (exact) mass is 297 g/mol. The molecule has 0 saturated carbocycles. The minimum Gasteiger partial charge on any atom is -0.495 e. The molecule has 0 atom stereocenters. The van der Waals surface area contributed by atoms with Gasteiger partial charge in [-0.3, -0.25) is 4.79 Å². The van der Waals surface area contributed by atoms with Crippen LogP contribution in [-0.4, -0.2) is 23.2 Å². The van der Waals surface area contributed by atoms with E-state index in [0.717, 1.165) is 15.4 Å². The molecule has 1 aromatic heterocycles. The van der Waals surface area contributed by atoms with E-state index in [0.29, 0.717) is 16.5 Å². The second-order valence-electron chi connectivity index (χ2n) is 3.92. The van der Waals surface area contributed by atoms with Crippen molar-refractivity contribution in [1.29, 1.82) is 0 Å². The Bertz CT molecular complexity index is 624. The minimum atomic E-state index is -0.871. The van der Waals surface area contributed by atoms with E-state index < -0.39 is 5.97 Å². The van der Waals surface area contributed by atoms with Crippen molar-refractivity contribution in [3.63, 3.8) is 0 Å². The molecule has 4 nitrogen and oxygen atoms in total. The molecule has 19 heavy (non-hydrogen) atoms. The number of aliphatic carboxylic acids is 1. The van der Waals surface area contributed by atoms with Gasteiger partial charge in [0.15, 0.2) is 0 Å². The Morgan fingerprint density at radius 3 is 2.84 bits per heavy atom. The summed E-state index contributed by atoms with van der Waals surface area (Å²) in [5, 5.41) is 10.2. The van der Waals surface area contributed by atoms with Crippen molar-refractivity contribution in [2.75, 3.05) is 7.11 Å². The first-order valence-electron chi connectivity index (χ1n) is 5.53. The molecule has 2 rings (SSSR count). The van der Waals surface area contributed by atoms with Crippen molar-refractivity contribution in [2.45, 2.75) is 13.3 Å². The maximum Gasteiger partial charge on any atom is 0.308 e. The zero-order valence-corrected chi connectivity index (χ0v) is 12.0. The summed E-state index contributed by atoms with van der Waals surface area (Å²) < 4.78 is 5.09. The number of hydrogen-bond acceptors (Lipinski definition) is 4. The normalized spacial score (nSPS) is 10.5. The average Bonchev–Trinajstić information content (AvgIpc) is 2.69. The molecule has 100 valence electrons. The molecule has 0 fully saturated rings. The van der Waals surface area contributed by atoms with Crippen LogP contribution in [0.4, 0.5) is 0 Å². The fourth-order valence-electron chi connectivity index (χ4n) is 1.77. The summed E-state index contributed by atoms with van der Waals surface area (Å²) in [5.41, 5.74) is 1.47. The first kappa shape index (κ1) is 13.8. The molecule has 0 aliphatic heterocycles. The molecule has 0 spiro atoms. The Morgan fingerprint density at radius 2 is 2.26 bits per heavy atom. The summed E-state index contributed by atoms with van der Waals surface area (Å²) in [6, 6.07) is 5.31. The molecule has 1 N–H and O–H groups in total. The number of rotatable bonds is 4. The van der Waals surface area contributed by atoms with Crippen molar-refractivity contribution < 1.29 is 14.6 Å². The van der Waals surface area contributed by atoms with Gasteiger partial charge in [0.1, 0.15) is 5.75 Å². The van der Waals surface area contributed by atoms with Crippen LogP contribution >= 0.6 is 22.9 Å².